The SMILES string of the molecule is Cc1cc(C(=O)N[C@@H]2CC[C@@H]3CCCC[C@H]3C2)ccc1[N+](=O)[O-]. The van der Waals surface area contributed by atoms with E-state index in [9.17, 15) is 14.9 Å². The van der Waals surface area contributed by atoms with Gasteiger partial charge in [-0.1, -0.05) is 25.7 Å². The molecule has 2 aliphatic carbocycles. The van der Waals surface area contributed by atoms with Gasteiger partial charge in [-0.25, -0.2) is 0 Å². The summed E-state index contributed by atoms with van der Waals surface area (Å²) in [7, 11) is 0. The third kappa shape index (κ3) is 3.54. The van der Waals surface area contributed by atoms with Crippen LogP contribution in [0.1, 0.15) is 60.9 Å². The minimum atomic E-state index is -0.415. The van der Waals surface area contributed by atoms with Crippen LogP contribution >= 0.6 is 0 Å². The Bertz CT molecular complexity index is 614. The van der Waals surface area contributed by atoms with Crippen LogP contribution in [0.3, 0.4) is 0 Å². The predicted octanol–water partition coefficient (Wildman–Crippen LogP) is 3.99. The number of nitro benzene ring substituents is 1. The Morgan fingerprint density at radius 1 is 1.17 bits per heavy atom. The number of nitro groups is 1. The zero-order valence-electron chi connectivity index (χ0n) is 13.6. The second kappa shape index (κ2) is 6.69. The Balaban J connectivity index is 1.63. The van der Waals surface area contributed by atoms with Crippen LogP contribution in [0.15, 0.2) is 18.2 Å². The van der Waals surface area contributed by atoms with Crippen molar-refractivity contribution in [3.63, 3.8) is 0 Å². The monoisotopic (exact) mass is 316 g/mol. The molecule has 2 aliphatic rings. The van der Waals surface area contributed by atoms with Crippen molar-refractivity contribution in [3.05, 3.63) is 39.4 Å². The Morgan fingerprint density at radius 2 is 1.91 bits per heavy atom. The first-order chi connectivity index (χ1) is 11.0. The summed E-state index contributed by atoms with van der Waals surface area (Å²) in [6.07, 6.45) is 8.69. The zero-order chi connectivity index (χ0) is 16.4. The Hall–Kier alpha value is -1.91. The minimum Gasteiger partial charge on any atom is -0.349 e. The van der Waals surface area contributed by atoms with Crippen LogP contribution in [0.5, 0.6) is 0 Å². The van der Waals surface area contributed by atoms with Crippen LogP contribution < -0.4 is 5.32 Å². The van der Waals surface area contributed by atoms with Crippen molar-refractivity contribution in [3.8, 4) is 0 Å². The van der Waals surface area contributed by atoms with E-state index in [4.69, 9.17) is 0 Å². The molecule has 3 atom stereocenters. The van der Waals surface area contributed by atoms with Gasteiger partial charge in [0.2, 0.25) is 0 Å². The van der Waals surface area contributed by atoms with Gasteiger partial charge in [-0.15, -0.1) is 0 Å². The van der Waals surface area contributed by atoms with Gasteiger partial charge in [0, 0.05) is 23.2 Å². The van der Waals surface area contributed by atoms with Crippen molar-refractivity contribution >= 4 is 11.6 Å². The summed E-state index contributed by atoms with van der Waals surface area (Å²) >= 11 is 0. The lowest BCUT2D eigenvalue weighted by molar-refractivity contribution is -0.385. The summed E-state index contributed by atoms with van der Waals surface area (Å²) in [6.45, 7) is 1.67. The van der Waals surface area contributed by atoms with Gasteiger partial charge in [0.1, 0.15) is 0 Å². The number of nitrogens with zero attached hydrogens (tertiary/aromatic N) is 1. The number of aryl methyl sites for hydroxylation is 1. The fraction of sp³-hybridized carbons (Fsp3) is 0.611. The van der Waals surface area contributed by atoms with Crippen molar-refractivity contribution in [1.29, 1.82) is 0 Å². The normalized spacial score (nSPS) is 27.1. The fourth-order valence-corrected chi connectivity index (χ4v) is 4.27. The van der Waals surface area contributed by atoms with Crippen LogP contribution in [-0.2, 0) is 0 Å². The molecule has 0 bridgehead atoms. The fourth-order valence-electron chi connectivity index (χ4n) is 4.27. The third-order valence-corrected chi connectivity index (χ3v) is 5.53. The van der Waals surface area contributed by atoms with E-state index in [0.29, 0.717) is 11.1 Å². The van der Waals surface area contributed by atoms with Gasteiger partial charge in [0.25, 0.3) is 11.6 Å². The molecule has 3 rings (SSSR count). The van der Waals surface area contributed by atoms with Crippen molar-refractivity contribution in [2.24, 2.45) is 11.8 Å². The maximum absolute atomic E-state index is 12.4. The molecule has 5 heteroatoms. The standard InChI is InChI=1S/C18H24N2O3/c1-12-10-15(7-9-17(12)20(22)23)18(21)19-16-8-6-13-4-2-3-5-14(13)11-16/h7,9-10,13-14,16H,2-6,8,11H2,1H3,(H,19,21)/t13-,14-,16+/m0/s1. The molecule has 1 aromatic rings. The summed E-state index contributed by atoms with van der Waals surface area (Å²) < 4.78 is 0. The van der Waals surface area contributed by atoms with E-state index in [2.05, 4.69) is 5.32 Å². The maximum atomic E-state index is 12.4. The highest BCUT2D eigenvalue weighted by Crippen LogP contribution is 2.40. The quantitative estimate of drug-likeness (QED) is 0.677. The number of carbonyl (C=O) groups excluding carboxylic acids is 1. The molecule has 5 nitrogen and oxygen atoms in total. The molecule has 124 valence electrons. The lowest BCUT2D eigenvalue weighted by Crippen LogP contribution is -2.41. The molecule has 0 radical (unpaired) electrons. The highest BCUT2D eigenvalue weighted by Gasteiger charge is 2.32. The van der Waals surface area contributed by atoms with Gasteiger partial charge < -0.3 is 5.32 Å². The molecule has 23 heavy (non-hydrogen) atoms. The molecule has 0 aromatic heterocycles. The van der Waals surface area contributed by atoms with Crippen LogP contribution in [0, 0.1) is 28.9 Å². The topological polar surface area (TPSA) is 72.2 Å². The molecule has 2 fully saturated rings. The first-order valence-corrected chi connectivity index (χ1v) is 8.60. The van der Waals surface area contributed by atoms with Crippen LogP contribution in [0.25, 0.3) is 0 Å². The lowest BCUT2D eigenvalue weighted by Gasteiger charge is -2.39. The summed E-state index contributed by atoms with van der Waals surface area (Å²) in [5.74, 6) is 1.52. The second-order valence-corrected chi connectivity index (χ2v) is 7.05. The average Bonchev–Trinajstić information content (AvgIpc) is 2.54. The predicted molar refractivity (Wildman–Crippen MR) is 88.4 cm³/mol. The van der Waals surface area contributed by atoms with Crippen LogP contribution in [0.2, 0.25) is 0 Å². The molecule has 0 unspecified atom stereocenters. The molecule has 1 N–H and O–H groups in total. The minimum absolute atomic E-state index is 0.0595. The van der Waals surface area contributed by atoms with Gasteiger partial charge in [0.05, 0.1) is 4.92 Å². The molecular formula is C18H24N2O3. The number of hydrogen-bond acceptors (Lipinski definition) is 3. The average molecular weight is 316 g/mol. The zero-order valence-corrected chi connectivity index (χ0v) is 13.6. The molecule has 2 saturated carbocycles. The molecule has 0 saturated heterocycles. The third-order valence-electron chi connectivity index (χ3n) is 5.53. The summed E-state index contributed by atoms with van der Waals surface area (Å²) in [4.78, 5) is 22.9. The number of amides is 1. The number of carbonyl (C=O) groups is 1. The first kappa shape index (κ1) is 16.0. The molecule has 0 heterocycles. The maximum Gasteiger partial charge on any atom is 0.272 e. The molecule has 1 amide bonds. The number of rotatable bonds is 3. The lowest BCUT2D eigenvalue weighted by atomic mass is 9.69. The van der Waals surface area contributed by atoms with Crippen molar-refractivity contribution in [2.45, 2.75) is 57.9 Å². The Labute approximate surface area is 136 Å². The van der Waals surface area contributed by atoms with E-state index in [1.54, 1.807) is 19.1 Å². The highest BCUT2D eigenvalue weighted by atomic mass is 16.6. The van der Waals surface area contributed by atoms with Gasteiger partial charge in [-0.05, 0) is 50.2 Å². The van der Waals surface area contributed by atoms with E-state index >= 15 is 0 Å². The number of benzene rings is 1. The molecule has 0 aliphatic heterocycles. The molecule has 1 aromatic carbocycles. The van der Waals surface area contributed by atoms with Crippen molar-refractivity contribution in [2.75, 3.05) is 0 Å². The number of hydrogen-bond donors (Lipinski definition) is 1. The molecule has 0 spiro atoms. The van der Waals surface area contributed by atoms with Gasteiger partial charge in [0.15, 0.2) is 0 Å². The number of nitrogens with one attached hydrogen (secondary N) is 1. The van der Waals surface area contributed by atoms with E-state index in [1.165, 1.54) is 38.2 Å². The van der Waals surface area contributed by atoms with Crippen LogP contribution in [-0.4, -0.2) is 16.9 Å². The molecular weight excluding hydrogens is 292 g/mol. The Morgan fingerprint density at radius 3 is 2.61 bits per heavy atom. The second-order valence-electron chi connectivity index (χ2n) is 7.05. The summed E-state index contributed by atoms with van der Waals surface area (Å²) in [5.41, 5.74) is 1.10. The Kier molecular flexibility index (Phi) is 4.64. The van der Waals surface area contributed by atoms with E-state index in [1.807, 2.05) is 0 Å². The van der Waals surface area contributed by atoms with Gasteiger partial charge >= 0.3 is 0 Å². The van der Waals surface area contributed by atoms with Crippen LogP contribution in [0.4, 0.5) is 5.69 Å². The van der Waals surface area contributed by atoms with Gasteiger partial charge in [-0.2, -0.15) is 0 Å². The van der Waals surface area contributed by atoms with Crippen molar-refractivity contribution < 1.29 is 9.72 Å². The summed E-state index contributed by atoms with van der Waals surface area (Å²) in [5, 5.41) is 14.0. The van der Waals surface area contributed by atoms with E-state index < -0.39 is 4.92 Å². The highest BCUT2D eigenvalue weighted by molar-refractivity contribution is 5.94. The van der Waals surface area contributed by atoms with Crippen molar-refractivity contribution in [1.82, 2.24) is 5.32 Å². The largest absolute Gasteiger partial charge is 0.349 e. The smallest absolute Gasteiger partial charge is 0.272 e. The summed E-state index contributed by atoms with van der Waals surface area (Å²) in [6, 6.07) is 4.83. The van der Waals surface area contributed by atoms with E-state index in [0.717, 1.165) is 24.7 Å². The van der Waals surface area contributed by atoms with Gasteiger partial charge in [-0.3, -0.25) is 14.9 Å². The first-order valence-electron chi connectivity index (χ1n) is 8.60. The van der Waals surface area contributed by atoms with E-state index in [-0.39, 0.29) is 17.6 Å². The number of fused-ring (bicyclic) bond motifs is 1.